The largest absolute Gasteiger partial charge is 0.480 e. The molecule has 19 heavy (non-hydrogen) atoms. The Balaban J connectivity index is 1.82. The van der Waals surface area contributed by atoms with Crippen molar-refractivity contribution in [3.05, 3.63) is 54.4 Å². The van der Waals surface area contributed by atoms with Gasteiger partial charge in [0.1, 0.15) is 0 Å². The maximum absolute atomic E-state index is 5.22. The van der Waals surface area contributed by atoms with E-state index in [-0.39, 0.29) is 0 Å². The summed E-state index contributed by atoms with van der Waals surface area (Å²) in [6.45, 7) is 0.728. The van der Waals surface area contributed by atoms with Crippen LogP contribution in [0.1, 0.15) is 5.56 Å². The lowest BCUT2D eigenvalue weighted by atomic mass is 10.2. The monoisotopic (exact) mass is 253 g/mol. The molecule has 0 aliphatic carbocycles. The third kappa shape index (κ3) is 2.25. The molecule has 0 atom stereocenters. The Labute approximate surface area is 111 Å². The summed E-state index contributed by atoms with van der Waals surface area (Å²) in [7, 11) is 1.62. The van der Waals surface area contributed by atoms with Gasteiger partial charge in [-0.2, -0.15) is 0 Å². The molecular formula is C15H15N3O. The molecule has 0 saturated carbocycles. The number of ether oxygens (including phenoxy) is 1. The Hall–Kier alpha value is -2.49. The van der Waals surface area contributed by atoms with Crippen molar-refractivity contribution >= 4 is 16.6 Å². The lowest BCUT2D eigenvalue weighted by Gasteiger charge is -2.09. The number of aromatic amines is 1. The first-order chi connectivity index (χ1) is 9.38. The lowest BCUT2D eigenvalue weighted by Crippen LogP contribution is -2.01. The van der Waals surface area contributed by atoms with Gasteiger partial charge in [0.05, 0.1) is 12.8 Å². The minimum Gasteiger partial charge on any atom is -0.480 e. The molecule has 0 radical (unpaired) electrons. The van der Waals surface area contributed by atoms with E-state index in [4.69, 9.17) is 4.74 Å². The summed E-state index contributed by atoms with van der Waals surface area (Å²) in [6, 6.07) is 12.1. The van der Waals surface area contributed by atoms with E-state index in [1.165, 1.54) is 10.9 Å². The summed E-state index contributed by atoms with van der Waals surface area (Å²) in [6.07, 6.45) is 3.75. The van der Waals surface area contributed by atoms with Gasteiger partial charge in [0, 0.05) is 29.8 Å². The Kier molecular flexibility index (Phi) is 3.06. The zero-order chi connectivity index (χ0) is 13.1. The lowest BCUT2D eigenvalue weighted by molar-refractivity contribution is 0.399. The average Bonchev–Trinajstić information content (AvgIpc) is 2.89. The van der Waals surface area contributed by atoms with Gasteiger partial charge in [0.15, 0.2) is 0 Å². The predicted molar refractivity (Wildman–Crippen MR) is 76.4 cm³/mol. The molecule has 0 spiro atoms. The highest BCUT2D eigenvalue weighted by molar-refractivity contribution is 5.83. The molecule has 3 rings (SSSR count). The van der Waals surface area contributed by atoms with Crippen molar-refractivity contribution in [2.24, 2.45) is 0 Å². The second-order valence-corrected chi connectivity index (χ2v) is 4.27. The Morgan fingerprint density at radius 1 is 1.21 bits per heavy atom. The van der Waals surface area contributed by atoms with Crippen molar-refractivity contribution in [1.29, 1.82) is 0 Å². The van der Waals surface area contributed by atoms with Gasteiger partial charge in [-0.15, -0.1) is 0 Å². The highest BCUT2D eigenvalue weighted by atomic mass is 16.5. The summed E-state index contributed by atoms with van der Waals surface area (Å²) in [5, 5.41) is 4.59. The number of nitrogens with zero attached hydrogens (tertiary/aromatic N) is 1. The van der Waals surface area contributed by atoms with Gasteiger partial charge in [-0.25, -0.2) is 4.98 Å². The van der Waals surface area contributed by atoms with E-state index in [1.807, 2.05) is 30.5 Å². The van der Waals surface area contributed by atoms with Gasteiger partial charge in [0.2, 0.25) is 5.88 Å². The van der Waals surface area contributed by atoms with Crippen molar-refractivity contribution in [3.63, 3.8) is 0 Å². The molecule has 0 aliphatic rings. The molecule has 1 aromatic carbocycles. The molecule has 3 aromatic rings. The number of methoxy groups -OCH3 is 1. The van der Waals surface area contributed by atoms with E-state index in [2.05, 4.69) is 27.4 Å². The molecule has 0 bridgehead atoms. The fourth-order valence-electron chi connectivity index (χ4n) is 2.16. The quantitative estimate of drug-likeness (QED) is 0.750. The summed E-state index contributed by atoms with van der Waals surface area (Å²) in [4.78, 5) is 7.43. The highest BCUT2D eigenvalue weighted by Gasteiger charge is 2.05. The van der Waals surface area contributed by atoms with Crippen LogP contribution in [0.4, 0.5) is 5.69 Å². The van der Waals surface area contributed by atoms with Crippen LogP contribution >= 0.6 is 0 Å². The van der Waals surface area contributed by atoms with Crippen LogP contribution in [0.15, 0.2) is 48.8 Å². The minimum atomic E-state index is 0.613. The summed E-state index contributed by atoms with van der Waals surface area (Å²) in [5.41, 5.74) is 3.27. The summed E-state index contributed by atoms with van der Waals surface area (Å²) >= 11 is 0. The molecule has 0 aliphatic heterocycles. The molecule has 0 saturated heterocycles. The van der Waals surface area contributed by atoms with Crippen LogP contribution in [0.2, 0.25) is 0 Å². The fraction of sp³-hybridized carbons (Fsp3) is 0.133. The van der Waals surface area contributed by atoms with Crippen molar-refractivity contribution in [2.75, 3.05) is 12.4 Å². The van der Waals surface area contributed by atoms with Crippen LogP contribution < -0.4 is 10.1 Å². The number of anilines is 1. The third-order valence-electron chi connectivity index (χ3n) is 3.11. The molecule has 4 heteroatoms. The molecule has 0 unspecified atom stereocenters. The first-order valence-electron chi connectivity index (χ1n) is 6.16. The van der Waals surface area contributed by atoms with Crippen LogP contribution in [0.3, 0.4) is 0 Å². The van der Waals surface area contributed by atoms with Gasteiger partial charge in [-0.05, 0) is 23.8 Å². The molecule has 2 N–H and O–H groups in total. The molecule has 0 fully saturated rings. The third-order valence-corrected chi connectivity index (χ3v) is 3.11. The number of para-hydroxylation sites is 1. The van der Waals surface area contributed by atoms with E-state index < -0.39 is 0 Å². The smallest absolute Gasteiger partial charge is 0.237 e. The van der Waals surface area contributed by atoms with E-state index in [1.54, 1.807) is 13.3 Å². The van der Waals surface area contributed by atoms with E-state index in [0.29, 0.717) is 5.88 Å². The van der Waals surface area contributed by atoms with E-state index in [9.17, 15) is 0 Å². The maximum Gasteiger partial charge on any atom is 0.237 e. The van der Waals surface area contributed by atoms with Crippen LogP contribution in [0, 0.1) is 0 Å². The van der Waals surface area contributed by atoms with Gasteiger partial charge in [0.25, 0.3) is 0 Å². The van der Waals surface area contributed by atoms with Crippen LogP contribution in [-0.4, -0.2) is 17.1 Å². The summed E-state index contributed by atoms with van der Waals surface area (Å²) in [5.74, 6) is 0.613. The van der Waals surface area contributed by atoms with Crippen LogP contribution in [0.25, 0.3) is 10.9 Å². The highest BCUT2D eigenvalue weighted by Crippen LogP contribution is 2.23. The Morgan fingerprint density at radius 2 is 2.11 bits per heavy atom. The van der Waals surface area contributed by atoms with Gasteiger partial charge >= 0.3 is 0 Å². The number of rotatable bonds is 4. The number of nitrogens with one attached hydrogen (secondary N) is 2. The Morgan fingerprint density at radius 3 is 3.00 bits per heavy atom. The molecule has 4 nitrogen and oxygen atoms in total. The first-order valence-corrected chi connectivity index (χ1v) is 6.16. The predicted octanol–water partition coefficient (Wildman–Crippen LogP) is 3.18. The molecule has 2 heterocycles. The standard InChI is InChI=1S/C15H15N3O/c1-19-15-14(7-4-8-16-15)18-10-11-9-17-13-6-3-2-5-12(11)13/h2-9,17-18H,10H2,1H3. The van der Waals surface area contributed by atoms with Crippen LogP contribution in [-0.2, 0) is 6.54 Å². The van der Waals surface area contributed by atoms with Crippen LogP contribution in [0.5, 0.6) is 5.88 Å². The average molecular weight is 253 g/mol. The zero-order valence-electron chi connectivity index (χ0n) is 10.7. The SMILES string of the molecule is COc1ncccc1NCc1c[nH]c2ccccc12. The van der Waals surface area contributed by atoms with E-state index in [0.717, 1.165) is 17.7 Å². The van der Waals surface area contributed by atoms with E-state index >= 15 is 0 Å². The van der Waals surface area contributed by atoms with Gasteiger partial charge in [-0.1, -0.05) is 18.2 Å². The summed E-state index contributed by atoms with van der Waals surface area (Å²) < 4.78 is 5.22. The number of hydrogen-bond acceptors (Lipinski definition) is 3. The minimum absolute atomic E-state index is 0.613. The zero-order valence-corrected chi connectivity index (χ0v) is 10.7. The topological polar surface area (TPSA) is 49.9 Å². The molecule has 96 valence electrons. The molecule has 0 amide bonds. The second-order valence-electron chi connectivity index (χ2n) is 4.27. The number of H-pyrrole nitrogens is 1. The normalized spacial score (nSPS) is 10.6. The number of hydrogen-bond donors (Lipinski definition) is 2. The number of fused-ring (bicyclic) bond motifs is 1. The van der Waals surface area contributed by atoms with Gasteiger partial charge in [-0.3, -0.25) is 0 Å². The first kappa shape index (κ1) is 11.6. The number of pyridine rings is 1. The van der Waals surface area contributed by atoms with Crippen molar-refractivity contribution in [2.45, 2.75) is 6.54 Å². The number of aromatic nitrogens is 2. The van der Waals surface area contributed by atoms with Crippen molar-refractivity contribution in [3.8, 4) is 5.88 Å². The number of benzene rings is 1. The van der Waals surface area contributed by atoms with Gasteiger partial charge < -0.3 is 15.0 Å². The van der Waals surface area contributed by atoms with Crippen molar-refractivity contribution in [1.82, 2.24) is 9.97 Å². The molecular weight excluding hydrogens is 238 g/mol. The fourth-order valence-corrected chi connectivity index (χ4v) is 2.16. The maximum atomic E-state index is 5.22. The molecule has 2 aromatic heterocycles. The van der Waals surface area contributed by atoms with Crippen molar-refractivity contribution < 1.29 is 4.74 Å². The second kappa shape index (κ2) is 5.02. The Bertz CT molecular complexity index is 690.